The summed E-state index contributed by atoms with van der Waals surface area (Å²) in [6.45, 7) is 3.82. The first-order chi connectivity index (χ1) is 7.69. The lowest BCUT2D eigenvalue weighted by Gasteiger charge is -2.05. The molecule has 0 atom stereocenters. The van der Waals surface area contributed by atoms with Crippen LogP contribution in [0.2, 0.25) is 0 Å². The van der Waals surface area contributed by atoms with Gasteiger partial charge < -0.3 is 14.3 Å². The van der Waals surface area contributed by atoms with Crippen LogP contribution in [0.15, 0.2) is 28.9 Å². The van der Waals surface area contributed by atoms with Crippen LogP contribution < -0.4 is 4.74 Å². The SMILES string of the molecule is Cc1ccc(Oc2nc(CO)co2)c(C)c1. The molecule has 1 heterocycles. The average molecular weight is 219 g/mol. The van der Waals surface area contributed by atoms with Crippen LogP contribution in [-0.4, -0.2) is 10.1 Å². The maximum Gasteiger partial charge on any atom is 0.399 e. The Labute approximate surface area is 93.5 Å². The Morgan fingerprint density at radius 2 is 2.19 bits per heavy atom. The third-order valence-corrected chi connectivity index (χ3v) is 2.22. The quantitative estimate of drug-likeness (QED) is 0.862. The molecule has 2 rings (SSSR count). The van der Waals surface area contributed by atoms with Gasteiger partial charge in [0.2, 0.25) is 0 Å². The lowest BCUT2D eigenvalue weighted by atomic mass is 10.1. The zero-order chi connectivity index (χ0) is 11.5. The maximum atomic E-state index is 8.83. The molecule has 2 aromatic rings. The number of hydrogen-bond acceptors (Lipinski definition) is 4. The largest absolute Gasteiger partial charge is 0.417 e. The van der Waals surface area contributed by atoms with E-state index in [1.54, 1.807) is 0 Å². The Hall–Kier alpha value is -1.81. The molecule has 4 nitrogen and oxygen atoms in total. The van der Waals surface area contributed by atoms with E-state index in [9.17, 15) is 0 Å². The monoisotopic (exact) mass is 219 g/mol. The number of aromatic nitrogens is 1. The minimum atomic E-state index is -0.153. The Balaban J connectivity index is 2.20. The number of rotatable bonds is 3. The number of aliphatic hydroxyl groups excluding tert-OH is 1. The maximum absolute atomic E-state index is 8.83. The third-order valence-electron chi connectivity index (χ3n) is 2.22. The van der Waals surface area contributed by atoms with E-state index >= 15 is 0 Å². The third kappa shape index (κ3) is 2.23. The smallest absolute Gasteiger partial charge is 0.399 e. The van der Waals surface area contributed by atoms with Crippen LogP contribution in [0.1, 0.15) is 16.8 Å². The highest BCUT2D eigenvalue weighted by Crippen LogP contribution is 2.24. The van der Waals surface area contributed by atoms with E-state index in [1.165, 1.54) is 11.8 Å². The number of nitrogens with zero attached hydrogens (tertiary/aromatic N) is 1. The molecule has 84 valence electrons. The Bertz CT molecular complexity index is 491. The van der Waals surface area contributed by atoms with Crippen molar-refractivity contribution >= 4 is 0 Å². The molecular formula is C12H13NO3. The van der Waals surface area contributed by atoms with E-state index < -0.39 is 0 Å². The number of ether oxygens (including phenoxy) is 1. The predicted molar refractivity (Wildman–Crippen MR) is 58.4 cm³/mol. The summed E-state index contributed by atoms with van der Waals surface area (Å²) in [5.74, 6) is 0.705. The topological polar surface area (TPSA) is 55.5 Å². The molecule has 0 saturated carbocycles. The van der Waals surface area contributed by atoms with Gasteiger partial charge in [0.15, 0.2) is 0 Å². The van der Waals surface area contributed by atoms with E-state index in [-0.39, 0.29) is 12.7 Å². The van der Waals surface area contributed by atoms with Crippen LogP contribution in [0.4, 0.5) is 0 Å². The minimum Gasteiger partial charge on any atom is -0.417 e. The second-order valence-electron chi connectivity index (χ2n) is 3.63. The number of oxazole rings is 1. The molecule has 0 unspecified atom stereocenters. The van der Waals surface area contributed by atoms with Crippen molar-refractivity contribution in [2.45, 2.75) is 20.5 Å². The van der Waals surface area contributed by atoms with E-state index in [0.717, 1.165) is 5.56 Å². The summed E-state index contributed by atoms with van der Waals surface area (Å²) in [6.07, 6.45) is 1.52. The van der Waals surface area contributed by atoms with Crippen molar-refractivity contribution in [3.8, 4) is 11.8 Å². The van der Waals surface area contributed by atoms with Gasteiger partial charge in [-0.3, -0.25) is 0 Å². The minimum absolute atomic E-state index is 0.149. The highest BCUT2D eigenvalue weighted by Gasteiger charge is 2.07. The van der Waals surface area contributed by atoms with Crippen molar-refractivity contribution < 1.29 is 14.3 Å². The van der Waals surface area contributed by atoms with Gasteiger partial charge in [-0.15, -0.1) is 0 Å². The van der Waals surface area contributed by atoms with Gasteiger partial charge >= 0.3 is 6.08 Å². The summed E-state index contributed by atoms with van der Waals surface area (Å²) in [5.41, 5.74) is 2.65. The number of aliphatic hydroxyl groups is 1. The second kappa shape index (κ2) is 4.37. The number of aryl methyl sites for hydroxylation is 2. The molecule has 0 fully saturated rings. The standard InChI is InChI=1S/C12H13NO3/c1-8-3-4-11(9(2)5-8)16-12-13-10(6-14)7-15-12/h3-5,7,14H,6H2,1-2H3. The normalized spacial score (nSPS) is 10.4. The summed E-state index contributed by atoms with van der Waals surface area (Å²) >= 11 is 0. The summed E-state index contributed by atoms with van der Waals surface area (Å²) < 4.78 is 10.5. The van der Waals surface area contributed by atoms with Gasteiger partial charge in [-0.25, -0.2) is 0 Å². The van der Waals surface area contributed by atoms with Crippen molar-refractivity contribution in [2.75, 3.05) is 0 Å². The Morgan fingerprint density at radius 1 is 1.38 bits per heavy atom. The number of hydrogen-bond donors (Lipinski definition) is 1. The van der Waals surface area contributed by atoms with Crippen LogP contribution >= 0.6 is 0 Å². The molecule has 0 radical (unpaired) electrons. The first-order valence-electron chi connectivity index (χ1n) is 4.99. The van der Waals surface area contributed by atoms with E-state index in [0.29, 0.717) is 11.4 Å². The van der Waals surface area contributed by atoms with Crippen LogP contribution in [0.3, 0.4) is 0 Å². The number of benzene rings is 1. The van der Waals surface area contributed by atoms with Crippen LogP contribution in [0, 0.1) is 13.8 Å². The highest BCUT2D eigenvalue weighted by molar-refractivity contribution is 5.36. The van der Waals surface area contributed by atoms with Crippen LogP contribution in [0.25, 0.3) is 0 Å². The summed E-state index contributed by atoms with van der Waals surface area (Å²) in [5, 5.41) is 8.83. The first-order valence-corrected chi connectivity index (χ1v) is 4.99. The van der Waals surface area contributed by atoms with E-state index in [4.69, 9.17) is 14.3 Å². The second-order valence-corrected chi connectivity index (χ2v) is 3.63. The lowest BCUT2D eigenvalue weighted by molar-refractivity contribution is 0.276. The molecule has 1 N–H and O–H groups in total. The zero-order valence-corrected chi connectivity index (χ0v) is 9.23. The molecule has 0 bridgehead atoms. The molecule has 0 saturated heterocycles. The van der Waals surface area contributed by atoms with Gasteiger partial charge in [0, 0.05) is 0 Å². The molecule has 0 amide bonds. The average Bonchev–Trinajstić information content (AvgIpc) is 2.70. The van der Waals surface area contributed by atoms with Gasteiger partial charge in [0.1, 0.15) is 17.7 Å². The van der Waals surface area contributed by atoms with Crippen molar-refractivity contribution in [2.24, 2.45) is 0 Å². The van der Waals surface area contributed by atoms with Gasteiger partial charge in [-0.05, 0) is 25.5 Å². The first kappa shape index (κ1) is 10.7. The fourth-order valence-electron chi connectivity index (χ4n) is 1.42. The molecule has 0 spiro atoms. The van der Waals surface area contributed by atoms with Crippen LogP contribution in [0.5, 0.6) is 11.8 Å². The van der Waals surface area contributed by atoms with Crippen LogP contribution in [-0.2, 0) is 6.61 Å². The molecule has 0 aliphatic carbocycles. The molecule has 16 heavy (non-hydrogen) atoms. The molecule has 4 heteroatoms. The lowest BCUT2D eigenvalue weighted by Crippen LogP contribution is -1.89. The van der Waals surface area contributed by atoms with Gasteiger partial charge in [0.25, 0.3) is 0 Å². The van der Waals surface area contributed by atoms with E-state index in [2.05, 4.69) is 4.98 Å². The van der Waals surface area contributed by atoms with Gasteiger partial charge in [-0.2, -0.15) is 4.98 Å². The van der Waals surface area contributed by atoms with Crippen molar-refractivity contribution in [3.63, 3.8) is 0 Å². The zero-order valence-electron chi connectivity index (χ0n) is 9.23. The van der Waals surface area contributed by atoms with Gasteiger partial charge in [-0.1, -0.05) is 17.7 Å². The molecule has 0 aliphatic rings. The molecule has 1 aromatic carbocycles. The summed E-state index contributed by atoms with van der Waals surface area (Å²) in [4.78, 5) is 3.95. The summed E-state index contributed by atoms with van der Waals surface area (Å²) in [6, 6.07) is 5.84. The van der Waals surface area contributed by atoms with Crippen molar-refractivity contribution in [1.82, 2.24) is 4.98 Å². The van der Waals surface area contributed by atoms with Crippen molar-refractivity contribution in [1.29, 1.82) is 0 Å². The molecule has 1 aromatic heterocycles. The fraction of sp³-hybridized carbons (Fsp3) is 0.250. The van der Waals surface area contributed by atoms with Gasteiger partial charge in [0.05, 0.1) is 6.61 Å². The molecule has 0 aliphatic heterocycles. The predicted octanol–water partition coefficient (Wildman–Crippen LogP) is 2.58. The molecular weight excluding hydrogens is 206 g/mol. The van der Waals surface area contributed by atoms with Crippen molar-refractivity contribution in [3.05, 3.63) is 41.3 Å². The fourth-order valence-corrected chi connectivity index (χ4v) is 1.42. The Kier molecular flexibility index (Phi) is 2.92. The van der Waals surface area contributed by atoms with E-state index in [1.807, 2.05) is 32.0 Å². The Morgan fingerprint density at radius 3 is 2.81 bits per heavy atom. The summed E-state index contributed by atoms with van der Waals surface area (Å²) in [7, 11) is 0. The highest BCUT2D eigenvalue weighted by atomic mass is 16.6.